The van der Waals surface area contributed by atoms with Crippen molar-refractivity contribution in [3.05, 3.63) is 24.0 Å². The summed E-state index contributed by atoms with van der Waals surface area (Å²) < 4.78 is 29.1. The van der Waals surface area contributed by atoms with Crippen LogP contribution in [0.3, 0.4) is 0 Å². The van der Waals surface area contributed by atoms with Gasteiger partial charge in [0.05, 0.1) is 11.0 Å². The minimum absolute atomic E-state index is 0.0260. The SMILES string of the molecule is CC(=O)Nc1ccc2c(c1)nc(C(C)(C)C)n2CC1CCC(F)(F)CC1. The molecule has 3 rings (SSSR count). The third-order valence-electron chi connectivity index (χ3n) is 5.02. The van der Waals surface area contributed by atoms with Gasteiger partial charge in [0, 0.05) is 37.4 Å². The Morgan fingerprint density at radius 3 is 2.54 bits per heavy atom. The lowest BCUT2D eigenvalue weighted by Crippen LogP contribution is -2.28. The predicted octanol–water partition coefficient (Wildman–Crippen LogP) is 5.12. The number of nitrogens with zero attached hydrogens (tertiary/aromatic N) is 2. The molecule has 0 bridgehead atoms. The first kappa shape index (κ1) is 18.8. The Morgan fingerprint density at radius 1 is 1.31 bits per heavy atom. The second-order valence-corrected chi connectivity index (χ2v) is 8.48. The molecule has 1 aliphatic rings. The summed E-state index contributed by atoms with van der Waals surface area (Å²) in [5, 5.41) is 2.78. The van der Waals surface area contributed by atoms with E-state index in [4.69, 9.17) is 4.98 Å². The Hall–Kier alpha value is -1.98. The molecule has 1 heterocycles. The number of rotatable bonds is 3. The number of aromatic nitrogens is 2. The number of amides is 1. The van der Waals surface area contributed by atoms with E-state index in [0.717, 1.165) is 16.9 Å². The molecule has 1 aromatic carbocycles. The number of anilines is 1. The van der Waals surface area contributed by atoms with Crippen molar-refractivity contribution in [1.82, 2.24) is 9.55 Å². The van der Waals surface area contributed by atoms with Gasteiger partial charge in [0.25, 0.3) is 0 Å². The number of fused-ring (bicyclic) bond motifs is 1. The van der Waals surface area contributed by atoms with Crippen molar-refractivity contribution in [2.24, 2.45) is 5.92 Å². The molecule has 0 saturated heterocycles. The molecular weight excluding hydrogens is 336 g/mol. The van der Waals surface area contributed by atoms with Gasteiger partial charge in [-0.15, -0.1) is 0 Å². The van der Waals surface area contributed by atoms with Gasteiger partial charge in [0.2, 0.25) is 11.8 Å². The van der Waals surface area contributed by atoms with Gasteiger partial charge in [-0.1, -0.05) is 20.8 Å². The van der Waals surface area contributed by atoms with Crippen molar-refractivity contribution in [2.75, 3.05) is 5.32 Å². The molecule has 1 amide bonds. The summed E-state index contributed by atoms with van der Waals surface area (Å²) >= 11 is 0. The molecule has 1 aliphatic carbocycles. The van der Waals surface area contributed by atoms with Crippen molar-refractivity contribution in [3.63, 3.8) is 0 Å². The zero-order valence-corrected chi connectivity index (χ0v) is 15.9. The Morgan fingerprint density at radius 2 is 1.96 bits per heavy atom. The van der Waals surface area contributed by atoms with E-state index in [0.29, 0.717) is 25.1 Å². The van der Waals surface area contributed by atoms with E-state index in [9.17, 15) is 13.6 Å². The average molecular weight is 363 g/mol. The maximum absolute atomic E-state index is 13.5. The van der Waals surface area contributed by atoms with Crippen LogP contribution in [0.5, 0.6) is 0 Å². The van der Waals surface area contributed by atoms with E-state index in [-0.39, 0.29) is 30.1 Å². The number of alkyl halides is 2. The lowest BCUT2D eigenvalue weighted by molar-refractivity contribution is -0.114. The van der Waals surface area contributed by atoms with Crippen LogP contribution in [0.15, 0.2) is 18.2 Å². The molecule has 6 heteroatoms. The lowest BCUT2D eigenvalue weighted by atomic mass is 9.86. The number of carbonyl (C=O) groups is 1. The summed E-state index contributed by atoms with van der Waals surface area (Å²) in [5.74, 6) is -1.44. The third kappa shape index (κ3) is 4.05. The van der Waals surface area contributed by atoms with Gasteiger partial charge in [-0.3, -0.25) is 4.79 Å². The highest BCUT2D eigenvalue weighted by atomic mass is 19.3. The summed E-state index contributed by atoms with van der Waals surface area (Å²) in [7, 11) is 0. The maximum Gasteiger partial charge on any atom is 0.248 e. The van der Waals surface area contributed by atoms with Gasteiger partial charge in [0.15, 0.2) is 0 Å². The molecular formula is C20H27F2N3O. The van der Waals surface area contributed by atoms with Crippen molar-refractivity contribution in [2.45, 2.75) is 71.3 Å². The lowest BCUT2D eigenvalue weighted by Gasteiger charge is -2.30. The molecule has 1 fully saturated rings. The largest absolute Gasteiger partial charge is 0.327 e. The fraction of sp³-hybridized carbons (Fsp3) is 0.600. The van der Waals surface area contributed by atoms with Crippen molar-refractivity contribution in [3.8, 4) is 0 Å². The molecule has 142 valence electrons. The van der Waals surface area contributed by atoms with E-state index in [2.05, 4.69) is 30.7 Å². The Labute approximate surface area is 153 Å². The van der Waals surface area contributed by atoms with Crippen LogP contribution in [0.1, 0.15) is 59.2 Å². The van der Waals surface area contributed by atoms with Gasteiger partial charge < -0.3 is 9.88 Å². The van der Waals surface area contributed by atoms with Crippen molar-refractivity contribution < 1.29 is 13.6 Å². The molecule has 0 aliphatic heterocycles. The maximum atomic E-state index is 13.5. The highest BCUT2D eigenvalue weighted by molar-refractivity contribution is 5.91. The van der Waals surface area contributed by atoms with E-state index in [1.54, 1.807) is 0 Å². The molecule has 4 nitrogen and oxygen atoms in total. The molecule has 26 heavy (non-hydrogen) atoms. The number of hydrogen-bond acceptors (Lipinski definition) is 2. The standard InChI is InChI=1S/C20H27F2N3O/c1-13(26)23-15-5-6-17-16(11-15)24-18(19(2,3)4)25(17)12-14-7-9-20(21,22)10-8-14/h5-6,11,14H,7-10,12H2,1-4H3,(H,23,26). The zero-order chi connectivity index (χ0) is 19.1. The highest BCUT2D eigenvalue weighted by Gasteiger charge is 2.35. The van der Waals surface area contributed by atoms with Crippen LogP contribution in [0.2, 0.25) is 0 Å². The second kappa shape index (κ2) is 6.63. The van der Waals surface area contributed by atoms with Crippen LogP contribution in [-0.4, -0.2) is 21.4 Å². The van der Waals surface area contributed by atoms with E-state index >= 15 is 0 Å². The van der Waals surface area contributed by atoms with Crippen LogP contribution in [-0.2, 0) is 16.8 Å². The van der Waals surface area contributed by atoms with Crippen LogP contribution in [0.25, 0.3) is 11.0 Å². The molecule has 0 unspecified atom stereocenters. The fourth-order valence-corrected chi connectivity index (χ4v) is 3.71. The molecule has 1 N–H and O–H groups in total. The monoisotopic (exact) mass is 363 g/mol. The molecule has 1 aromatic heterocycles. The Bertz CT molecular complexity index is 810. The van der Waals surface area contributed by atoms with Crippen LogP contribution >= 0.6 is 0 Å². The van der Waals surface area contributed by atoms with Crippen LogP contribution in [0, 0.1) is 5.92 Å². The average Bonchev–Trinajstić information content (AvgIpc) is 2.87. The summed E-state index contributed by atoms with van der Waals surface area (Å²) in [4.78, 5) is 16.1. The number of hydrogen-bond donors (Lipinski definition) is 1. The van der Waals surface area contributed by atoms with Gasteiger partial charge in [-0.05, 0) is 37.0 Å². The molecule has 0 radical (unpaired) electrons. The zero-order valence-electron chi connectivity index (χ0n) is 15.9. The first-order valence-electron chi connectivity index (χ1n) is 9.21. The summed E-state index contributed by atoms with van der Waals surface area (Å²) in [6, 6.07) is 5.70. The van der Waals surface area contributed by atoms with E-state index in [1.165, 1.54) is 6.92 Å². The molecule has 0 atom stereocenters. The summed E-state index contributed by atoms with van der Waals surface area (Å²) in [5.41, 5.74) is 2.36. The minimum Gasteiger partial charge on any atom is -0.327 e. The molecule has 1 saturated carbocycles. The minimum atomic E-state index is -2.51. The first-order chi connectivity index (χ1) is 12.0. The number of benzene rings is 1. The molecule has 2 aromatic rings. The highest BCUT2D eigenvalue weighted by Crippen LogP contribution is 2.38. The van der Waals surface area contributed by atoms with Crippen molar-refractivity contribution in [1.29, 1.82) is 0 Å². The van der Waals surface area contributed by atoms with Gasteiger partial charge in [-0.25, -0.2) is 13.8 Å². The van der Waals surface area contributed by atoms with Gasteiger partial charge >= 0.3 is 0 Å². The number of nitrogens with one attached hydrogen (secondary N) is 1. The number of imidazole rings is 1. The number of carbonyl (C=O) groups excluding carboxylic acids is 1. The van der Waals surface area contributed by atoms with Gasteiger partial charge in [0.1, 0.15) is 5.82 Å². The van der Waals surface area contributed by atoms with Crippen molar-refractivity contribution >= 4 is 22.6 Å². The molecule has 0 spiro atoms. The Balaban J connectivity index is 1.95. The quantitative estimate of drug-likeness (QED) is 0.823. The third-order valence-corrected chi connectivity index (χ3v) is 5.02. The predicted molar refractivity (Wildman–Crippen MR) is 99.6 cm³/mol. The topological polar surface area (TPSA) is 46.9 Å². The first-order valence-corrected chi connectivity index (χ1v) is 9.21. The van der Waals surface area contributed by atoms with Gasteiger partial charge in [-0.2, -0.15) is 0 Å². The van der Waals surface area contributed by atoms with Crippen LogP contribution in [0.4, 0.5) is 14.5 Å². The second-order valence-electron chi connectivity index (χ2n) is 8.48. The van der Waals surface area contributed by atoms with E-state index in [1.807, 2.05) is 18.2 Å². The fourth-order valence-electron chi connectivity index (χ4n) is 3.71. The normalized spacial score (nSPS) is 18.2. The summed E-state index contributed by atoms with van der Waals surface area (Å²) in [6.45, 7) is 8.50. The number of halogens is 2. The van der Waals surface area contributed by atoms with Crippen LogP contribution < -0.4 is 5.32 Å². The smallest absolute Gasteiger partial charge is 0.248 e. The summed E-state index contributed by atoms with van der Waals surface area (Å²) in [6.07, 6.45) is 1.03. The Kier molecular flexibility index (Phi) is 4.80. The van der Waals surface area contributed by atoms with E-state index < -0.39 is 5.92 Å².